The summed E-state index contributed by atoms with van der Waals surface area (Å²) in [5.41, 5.74) is 8.49. The van der Waals surface area contributed by atoms with Crippen molar-refractivity contribution in [2.45, 2.75) is 39.2 Å². The first-order valence-electron chi connectivity index (χ1n) is 10.9. The average Bonchev–Trinajstić information content (AvgIpc) is 3.25. The van der Waals surface area contributed by atoms with Crippen LogP contribution in [0.5, 0.6) is 5.75 Å². The third kappa shape index (κ3) is 5.98. The maximum Gasteiger partial charge on any atom is 0.246 e. The Kier molecular flexibility index (Phi) is 7.67. The predicted octanol–water partition coefficient (Wildman–Crippen LogP) is 2.38. The van der Waals surface area contributed by atoms with Crippen molar-refractivity contribution in [3.05, 3.63) is 30.4 Å². The second-order valence-corrected chi connectivity index (χ2v) is 8.92. The lowest BCUT2D eigenvalue weighted by atomic mass is 9.96. The van der Waals surface area contributed by atoms with E-state index in [0.29, 0.717) is 35.4 Å². The van der Waals surface area contributed by atoms with E-state index in [9.17, 15) is 4.79 Å². The minimum Gasteiger partial charge on any atom is -0.493 e. The summed E-state index contributed by atoms with van der Waals surface area (Å²) in [6, 6.07) is 3.51. The van der Waals surface area contributed by atoms with Crippen LogP contribution < -0.4 is 21.1 Å². The van der Waals surface area contributed by atoms with E-state index in [-0.39, 0.29) is 24.0 Å². The normalized spacial score (nSPS) is 12.3. The first-order chi connectivity index (χ1) is 16.1. The van der Waals surface area contributed by atoms with Gasteiger partial charge < -0.3 is 30.8 Å². The highest BCUT2D eigenvalue weighted by atomic mass is 16.5. The third-order valence-corrected chi connectivity index (χ3v) is 4.96. The van der Waals surface area contributed by atoms with Gasteiger partial charge in [-0.25, -0.2) is 19.9 Å². The summed E-state index contributed by atoms with van der Waals surface area (Å²) in [6.45, 7) is 8.57. The second-order valence-electron chi connectivity index (χ2n) is 8.92. The number of nitrogens with one attached hydrogen (secondary N) is 3. The Bertz CT molecular complexity index is 1140. The quantitative estimate of drug-likeness (QED) is 0.371. The number of carbonyl (C=O) groups excluding carboxylic acids is 1. The van der Waals surface area contributed by atoms with Crippen LogP contribution in [0.4, 0.5) is 11.8 Å². The number of carbonyl (C=O) groups is 1. The molecule has 3 aromatic heterocycles. The number of amides is 1. The molecule has 0 saturated heterocycles. The van der Waals surface area contributed by atoms with Gasteiger partial charge in [0.1, 0.15) is 18.1 Å². The van der Waals surface area contributed by atoms with Crippen molar-refractivity contribution in [1.82, 2.24) is 30.2 Å². The van der Waals surface area contributed by atoms with Gasteiger partial charge in [-0.05, 0) is 19.1 Å². The molecule has 0 aromatic carbocycles. The van der Waals surface area contributed by atoms with Gasteiger partial charge >= 0.3 is 0 Å². The summed E-state index contributed by atoms with van der Waals surface area (Å²) in [5.74, 6) is 1.82. The van der Waals surface area contributed by atoms with E-state index in [1.807, 2.05) is 13.0 Å². The number of H-pyrrole nitrogens is 1. The Labute approximate surface area is 198 Å². The molecule has 5 N–H and O–H groups in total. The van der Waals surface area contributed by atoms with Gasteiger partial charge in [0, 0.05) is 43.1 Å². The number of aromatic amines is 1. The number of nitrogens with zero attached hydrogens (tertiary/aromatic N) is 4. The molecule has 1 amide bonds. The molecule has 0 aliphatic carbocycles. The van der Waals surface area contributed by atoms with Crippen molar-refractivity contribution in [3.63, 3.8) is 0 Å². The van der Waals surface area contributed by atoms with Crippen molar-refractivity contribution < 1.29 is 14.3 Å². The van der Waals surface area contributed by atoms with Crippen molar-refractivity contribution in [2.75, 3.05) is 38.4 Å². The zero-order valence-electron chi connectivity index (χ0n) is 20.4. The number of hydrogen-bond acceptors (Lipinski definition) is 9. The highest BCUT2D eigenvalue weighted by Gasteiger charge is 2.24. The molecule has 1 unspecified atom stereocenters. The molecule has 11 heteroatoms. The number of ether oxygens (including phenoxy) is 2. The number of nitrogens with two attached hydrogens (primary N) is 1. The average molecular weight is 469 g/mol. The molecule has 0 bridgehead atoms. The zero-order valence-corrected chi connectivity index (χ0v) is 20.4. The molecule has 0 saturated carbocycles. The number of pyridine rings is 1. The second kappa shape index (κ2) is 10.5. The molecule has 34 heavy (non-hydrogen) atoms. The van der Waals surface area contributed by atoms with Crippen molar-refractivity contribution in [2.24, 2.45) is 0 Å². The largest absolute Gasteiger partial charge is 0.493 e. The molecular formula is C23H32N8O3. The van der Waals surface area contributed by atoms with E-state index in [1.165, 1.54) is 7.11 Å². The van der Waals surface area contributed by atoms with Crippen molar-refractivity contribution in [1.29, 1.82) is 0 Å². The van der Waals surface area contributed by atoms with Gasteiger partial charge in [0.15, 0.2) is 11.6 Å². The number of hydrogen-bond donors (Lipinski definition) is 4. The van der Waals surface area contributed by atoms with Gasteiger partial charge in [-0.3, -0.25) is 4.79 Å². The number of nitrogen functional groups attached to an aromatic ring is 1. The Hall–Kier alpha value is -3.73. The van der Waals surface area contributed by atoms with Crippen LogP contribution >= 0.6 is 0 Å². The summed E-state index contributed by atoms with van der Waals surface area (Å²) >= 11 is 0. The summed E-state index contributed by atoms with van der Waals surface area (Å²) in [4.78, 5) is 33.2. The molecule has 0 spiro atoms. The fourth-order valence-electron chi connectivity index (χ4n) is 3.16. The first-order valence-corrected chi connectivity index (χ1v) is 10.9. The fraction of sp³-hybridized carbons (Fsp3) is 0.435. The molecule has 182 valence electrons. The zero-order chi connectivity index (χ0) is 24.9. The van der Waals surface area contributed by atoms with E-state index in [0.717, 1.165) is 17.1 Å². The lowest BCUT2D eigenvalue weighted by Crippen LogP contribution is -2.36. The maximum atomic E-state index is 11.6. The molecule has 1 atom stereocenters. The molecule has 0 fully saturated rings. The number of anilines is 2. The van der Waals surface area contributed by atoms with Crippen LogP contribution in [0.25, 0.3) is 22.6 Å². The lowest BCUT2D eigenvalue weighted by molar-refractivity contribution is -0.124. The summed E-state index contributed by atoms with van der Waals surface area (Å²) in [7, 11) is 3.03. The van der Waals surface area contributed by atoms with E-state index < -0.39 is 0 Å². The Balaban J connectivity index is 1.93. The molecule has 3 aromatic rings. The van der Waals surface area contributed by atoms with E-state index in [4.69, 9.17) is 20.2 Å². The summed E-state index contributed by atoms with van der Waals surface area (Å²) < 4.78 is 10.2. The van der Waals surface area contributed by atoms with Crippen LogP contribution in [-0.4, -0.2) is 64.2 Å². The van der Waals surface area contributed by atoms with Gasteiger partial charge in [0.05, 0.1) is 18.5 Å². The highest BCUT2D eigenvalue weighted by Crippen LogP contribution is 2.34. The van der Waals surface area contributed by atoms with Gasteiger partial charge in [-0.15, -0.1) is 0 Å². The van der Waals surface area contributed by atoms with E-state index >= 15 is 0 Å². The fourth-order valence-corrected chi connectivity index (χ4v) is 3.16. The first kappa shape index (κ1) is 24.9. The maximum absolute atomic E-state index is 11.6. The van der Waals surface area contributed by atoms with Crippen LogP contribution in [-0.2, 0) is 14.9 Å². The monoisotopic (exact) mass is 468 g/mol. The van der Waals surface area contributed by atoms with Crippen LogP contribution in [0.3, 0.4) is 0 Å². The van der Waals surface area contributed by atoms with Crippen LogP contribution in [0.2, 0.25) is 0 Å². The molecular weight excluding hydrogens is 436 g/mol. The summed E-state index contributed by atoms with van der Waals surface area (Å²) in [6.07, 6.45) is 3.34. The standard InChI is InChI=1S/C23H32N8O3/c1-13(10-26-17(32)12-33-5)28-22-25-8-7-15(29-22)19-18(30-21(31-19)23(2,3)4)14-9-16(34-6)20(24)27-11-14/h7-9,11,13H,10,12H2,1-6H3,(H2,24,27)(H,26,32)(H,30,31)(H,25,28,29). The molecule has 0 aliphatic rings. The van der Waals surface area contributed by atoms with Gasteiger partial charge in [0.25, 0.3) is 0 Å². The van der Waals surface area contributed by atoms with Gasteiger partial charge in [-0.2, -0.15) is 0 Å². The number of aromatic nitrogens is 5. The van der Waals surface area contributed by atoms with E-state index in [2.05, 4.69) is 51.3 Å². The Morgan fingerprint density at radius 1 is 1.24 bits per heavy atom. The van der Waals surface area contributed by atoms with Gasteiger partial charge in [-0.1, -0.05) is 20.8 Å². The Morgan fingerprint density at radius 2 is 2.00 bits per heavy atom. The topological polar surface area (TPSA) is 153 Å². The van der Waals surface area contributed by atoms with E-state index in [1.54, 1.807) is 25.6 Å². The number of methoxy groups -OCH3 is 2. The predicted molar refractivity (Wildman–Crippen MR) is 130 cm³/mol. The van der Waals surface area contributed by atoms with Crippen molar-refractivity contribution >= 4 is 17.7 Å². The molecule has 0 radical (unpaired) electrons. The Morgan fingerprint density at radius 3 is 2.68 bits per heavy atom. The molecule has 0 aliphatic heterocycles. The van der Waals surface area contributed by atoms with Gasteiger partial charge in [0.2, 0.25) is 11.9 Å². The molecule has 3 rings (SSSR count). The minimum absolute atomic E-state index is 0.0154. The third-order valence-electron chi connectivity index (χ3n) is 4.96. The smallest absolute Gasteiger partial charge is 0.246 e. The molecule has 11 nitrogen and oxygen atoms in total. The van der Waals surface area contributed by atoms with Crippen LogP contribution in [0.1, 0.15) is 33.5 Å². The van der Waals surface area contributed by atoms with Crippen LogP contribution in [0.15, 0.2) is 24.5 Å². The highest BCUT2D eigenvalue weighted by molar-refractivity contribution is 5.78. The molecule has 3 heterocycles. The SMILES string of the molecule is COCC(=O)NCC(C)Nc1nccc(-c2nc(C(C)(C)C)[nH]c2-c2cnc(N)c(OC)c2)n1. The summed E-state index contributed by atoms with van der Waals surface area (Å²) in [5, 5.41) is 5.99. The van der Waals surface area contributed by atoms with Crippen LogP contribution in [0, 0.1) is 0 Å². The number of rotatable bonds is 9. The number of imidazole rings is 1. The lowest BCUT2D eigenvalue weighted by Gasteiger charge is -2.15. The minimum atomic E-state index is -0.221. The van der Waals surface area contributed by atoms with Crippen molar-refractivity contribution in [3.8, 4) is 28.4 Å².